The van der Waals surface area contributed by atoms with E-state index >= 15 is 0 Å². The van der Waals surface area contributed by atoms with Crippen molar-refractivity contribution < 1.29 is 0 Å². The lowest BCUT2D eigenvalue weighted by molar-refractivity contribution is 0.0573. The number of hydrogen-bond donors (Lipinski definition) is 0. The van der Waals surface area contributed by atoms with Crippen LogP contribution in [0.15, 0.2) is 0 Å². The highest BCUT2D eigenvalue weighted by Crippen LogP contribution is 2.12. The van der Waals surface area contributed by atoms with E-state index in [0.717, 1.165) is 12.1 Å². The van der Waals surface area contributed by atoms with Crippen molar-refractivity contribution >= 4 is 0 Å². The molecule has 0 bridgehead atoms. The van der Waals surface area contributed by atoms with Crippen LogP contribution in [0, 0.1) is 0 Å². The lowest BCUT2D eigenvalue weighted by Crippen LogP contribution is -2.55. The molecule has 1 aliphatic rings. The zero-order valence-corrected chi connectivity index (χ0v) is 8.17. The normalized spacial score (nSPS) is 36.0. The average Bonchev–Trinajstić information content (AvgIpc) is 1.85. The molecule has 1 rings (SSSR count). The molecule has 0 aromatic heterocycles. The van der Waals surface area contributed by atoms with Gasteiger partial charge in [-0.15, -0.1) is 0 Å². The van der Waals surface area contributed by atoms with Gasteiger partial charge in [0.1, 0.15) is 0 Å². The summed E-state index contributed by atoms with van der Waals surface area (Å²) < 4.78 is 0. The van der Waals surface area contributed by atoms with Crippen LogP contribution >= 0.6 is 0 Å². The van der Waals surface area contributed by atoms with E-state index in [1.807, 2.05) is 0 Å². The molecule has 0 saturated carbocycles. The molecule has 2 heteroatoms. The smallest absolute Gasteiger partial charge is 0.0198 e. The Labute approximate surface area is 70.2 Å². The second-order valence-corrected chi connectivity index (χ2v) is 3.75. The summed E-state index contributed by atoms with van der Waals surface area (Å²) in [5, 5.41) is 0. The minimum Gasteiger partial charge on any atom is -0.303 e. The zero-order valence-electron chi connectivity index (χ0n) is 8.17. The number of likely N-dealkylation sites (N-methyl/N-ethyl adjacent to an activating group) is 2. The SMILES string of the molecule is CCN1[C@H](C)CN(C)C[C@@H]1C. The van der Waals surface area contributed by atoms with Crippen molar-refractivity contribution in [3.05, 3.63) is 0 Å². The van der Waals surface area contributed by atoms with Crippen LogP contribution < -0.4 is 0 Å². The fourth-order valence-corrected chi connectivity index (χ4v) is 2.24. The summed E-state index contributed by atoms with van der Waals surface area (Å²) in [7, 11) is 2.21. The molecule has 1 heterocycles. The van der Waals surface area contributed by atoms with Crippen LogP contribution in [0.4, 0.5) is 0 Å². The number of piperazine rings is 1. The molecule has 0 N–H and O–H groups in total. The van der Waals surface area contributed by atoms with E-state index in [4.69, 9.17) is 0 Å². The first-order valence-electron chi connectivity index (χ1n) is 4.59. The Morgan fingerprint density at radius 3 is 2.00 bits per heavy atom. The lowest BCUT2D eigenvalue weighted by Gasteiger charge is -2.42. The first kappa shape index (κ1) is 9.01. The van der Waals surface area contributed by atoms with Crippen LogP contribution in [0.1, 0.15) is 20.8 Å². The maximum Gasteiger partial charge on any atom is 0.0198 e. The quantitative estimate of drug-likeness (QED) is 0.559. The molecule has 1 aliphatic heterocycles. The van der Waals surface area contributed by atoms with Crippen LogP contribution in [0.25, 0.3) is 0 Å². The van der Waals surface area contributed by atoms with Crippen molar-refractivity contribution in [3.8, 4) is 0 Å². The summed E-state index contributed by atoms with van der Waals surface area (Å²) in [4.78, 5) is 4.99. The highest BCUT2D eigenvalue weighted by Gasteiger charge is 2.25. The van der Waals surface area contributed by atoms with E-state index in [-0.39, 0.29) is 0 Å². The minimum atomic E-state index is 0.730. The number of hydrogen-bond acceptors (Lipinski definition) is 2. The molecular formula is C9H20N2. The molecule has 0 aromatic rings. The number of rotatable bonds is 1. The van der Waals surface area contributed by atoms with E-state index in [1.54, 1.807) is 0 Å². The van der Waals surface area contributed by atoms with Gasteiger partial charge in [-0.05, 0) is 27.4 Å². The predicted molar refractivity (Wildman–Crippen MR) is 48.8 cm³/mol. The fourth-order valence-electron chi connectivity index (χ4n) is 2.24. The summed E-state index contributed by atoms with van der Waals surface area (Å²) in [6, 6.07) is 1.46. The third kappa shape index (κ3) is 1.94. The topological polar surface area (TPSA) is 6.48 Å². The molecule has 1 fully saturated rings. The first-order chi connectivity index (χ1) is 5.15. The molecule has 1 saturated heterocycles. The monoisotopic (exact) mass is 156 g/mol. The third-order valence-electron chi connectivity index (χ3n) is 2.65. The van der Waals surface area contributed by atoms with Gasteiger partial charge in [-0.3, -0.25) is 4.90 Å². The maximum atomic E-state index is 2.57. The molecular weight excluding hydrogens is 136 g/mol. The van der Waals surface area contributed by atoms with Crippen molar-refractivity contribution in [1.82, 2.24) is 9.80 Å². The zero-order chi connectivity index (χ0) is 8.43. The summed E-state index contributed by atoms with van der Waals surface area (Å²) in [5.74, 6) is 0. The Morgan fingerprint density at radius 2 is 1.64 bits per heavy atom. The molecule has 0 unspecified atom stereocenters. The van der Waals surface area contributed by atoms with E-state index in [0.29, 0.717) is 0 Å². The van der Waals surface area contributed by atoms with E-state index in [9.17, 15) is 0 Å². The van der Waals surface area contributed by atoms with Gasteiger partial charge in [0.25, 0.3) is 0 Å². The highest BCUT2D eigenvalue weighted by molar-refractivity contribution is 4.82. The molecule has 2 nitrogen and oxygen atoms in total. The molecule has 2 atom stereocenters. The first-order valence-corrected chi connectivity index (χ1v) is 4.59. The third-order valence-corrected chi connectivity index (χ3v) is 2.65. The summed E-state index contributed by atoms with van der Waals surface area (Å²) in [6.45, 7) is 10.5. The summed E-state index contributed by atoms with van der Waals surface area (Å²) >= 11 is 0. The minimum absolute atomic E-state index is 0.730. The Balaban J connectivity index is 2.52. The van der Waals surface area contributed by atoms with Gasteiger partial charge < -0.3 is 4.90 Å². The van der Waals surface area contributed by atoms with Gasteiger partial charge in [-0.2, -0.15) is 0 Å². The van der Waals surface area contributed by atoms with E-state index < -0.39 is 0 Å². The Morgan fingerprint density at radius 1 is 1.18 bits per heavy atom. The van der Waals surface area contributed by atoms with Crippen molar-refractivity contribution in [1.29, 1.82) is 0 Å². The molecule has 0 aromatic carbocycles. The van der Waals surface area contributed by atoms with Crippen molar-refractivity contribution in [3.63, 3.8) is 0 Å². The van der Waals surface area contributed by atoms with Gasteiger partial charge in [0.2, 0.25) is 0 Å². The Hall–Kier alpha value is -0.0800. The van der Waals surface area contributed by atoms with Crippen LogP contribution in [0.5, 0.6) is 0 Å². The maximum absolute atomic E-state index is 2.57. The van der Waals surface area contributed by atoms with Crippen molar-refractivity contribution in [2.24, 2.45) is 0 Å². The van der Waals surface area contributed by atoms with Gasteiger partial charge in [-0.1, -0.05) is 6.92 Å². The fraction of sp³-hybridized carbons (Fsp3) is 1.00. The molecule has 0 spiro atoms. The van der Waals surface area contributed by atoms with E-state index in [2.05, 4.69) is 37.6 Å². The van der Waals surface area contributed by atoms with Gasteiger partial charge >= 0.3 is 0 Å². The van der Waals surface area contributed by atoms with E-state index in [1.165, 1.54) is 19.6 Å². The number of nitrogens with zero attached hydrogens (tertiary/aromatic N) is 2. The summed E-state index contributed by atoms with van der Waals surface area (Å²) in [6.07, 6.45) is 0. The molecule has 66 valence electrons. The average molecular weight is 156 g/mol. The molecule has 11 heavy (non-hydrogen) atoms. The second-order valence-electron chi connectivity index (χ2n) is 3.75. The van der Waals surface area contributed by atoms with Gasteiger partial charge in [-0.25, -0.2) is 0 Å². The van der Waals surface area contributed by atoms with Crippen LogP contribution in [-0.2, 0) is 0 Å². The standard InChI is InChI=1S/C9H20N2/c1-5-11-8(2)6-10(4)7-9(11)3/h8-9H,5-7H2,1-4H3/t8-,9+. The highest BCUT2D eigenvalue weighted by atomic mass is 15.3. The van der Waals surface area contributed by atoms with Crippen molar-refractivity contribution in [2.45, 2.75) is 32.9 Å². The molecule has 0 aliphatic carbocycles. The molecule has 0 radical (unpaired) electrons. The van der Waals surface area contributed by atoms with Crippen molar-refractivity contribution in [2.75, 3.05) is 26.7 Å². The summed E-state index contributed by atoms with van der Waals surface area (Å²) in [5.41, 5.74) is 0. The molecule has 0 amide bonds. The second kappa shape index (κ2) is 3.55. The Kier molecular flexibility index (Phi) is 2.90. The van der Waals surface area contributed by atoms with Crippen LogP contribution in [0.3, 0.4) is 0 Å². The van der Waals surface area contributed by atoms with Crippen LogP contribution in [0.2, 0.25) is 0 Å². The van der Waals surface area contributed by atoms with Gasteiger partial charge in [0.15, 0.2) is 0 Å². The van der Waals surface area contributed by atoms with Gasteiger partial charge in [0.05, 0.1) is 0 Å². The van der Waals surface area contributed by atoms with Gasteiger partial charge in [0, 0.05) is 25.2 Å². The largest absolute Gasteiger partial charge is 0.303 e. The Bertz CT molecular complexity index is 113. The lowest BCUT2D eigenvalue weighted by atomic mass is 10.1. The van der Waals surface area contributed by atoms with Crippen LogP contribution in [-0.4, -0.2) is 48.6 Å². The predicted octanol–water partition coefficient (Wildman–Crippen LogP) is 1.03.